The molecule has 4 bridgehead atoms. The van der Waals surface area contributed by atoms with Gasteiger partial charge in [0.15, 0.2) is 0 Å². The molecule has 6 aliphatic carbocycles. The number of fused-ring (bicyclic) bond motifs is 23. The Labute approximate surface area is 513 Å². The van der Waals surface area contributed by atoms with E-state index in [4.69, 9.17) is 0 Å². The van der Waals surface area contributed by atoms with E-state index in [2.05, 4.69) is 48.3 Å². The normalized spacial score (nSPS) is 19.5. The Morgan fingerprint density at radius 2 is 1.00 bits per heavy atom. The van der Waals surface area contributed by atoms with Crippen molar-refractivity contribution >= 4 is 64.8 Å². The molecule has 0 saturated heterocycles. The topological polar surface area (TPSA) is 188 Å². The molecule has 10 aromatic heterocycles. The van der Waals surface area contributed by atoms with Crippen molar-refractivity contribution in [3.63, 3.8) is 0 Å². The van der Waals surface area contributed by atoms with Crippen LogP contribution >= 0.6 is 22.7 Å². The first-order valence-electron chi connectivity index (χ1n) is 32.3. The van der Waals surface area contributed by atoms with Crippen LogP contribution in [-0.2, 0) is 38.6 Å². The molecule has 4 atom stereocenters. The highest BCUT2D eigenvalue weighted by atomic mass is 32.1. The van der Waals surface area contributed by atoms with Crippen molar-refractivity contribution in [2.75, 3.05) is 0 Å². The van der Waals surface area contributed by atoms with E-state index in [-0.39, 0.29) is 58.0 Å². The van der Waals surface area contributed by atoms with E-state index in [0.717, 1.165) is 86.7 Å². The van der Waals surface area contributed by atoms with E-state index < -0.39 is 0 Å². The molecule has 87 heavy (non-hydrogen) atoms. The van der Waals surface area contributed by atoms with Gasteiger partial charge in [0.1, 0.15) is 33.1 Å². The summed E-state index contributed by atoms with van der Waals surface area (Å²) in [4.78, 5) is 64.5. The molecule has 17 rings (SSSR count). The fraction of sp³-hybridized carbons (Fsp3) is 0.552. The Morgan fingerprint density at radius 1 is 0.460 bits per heavy atom. The summed E-state index contributed by atoms with van der Waals surface area (Å²) < 4.78 is 16.0. The summed E-state index contributed by atoms with van der Waals surface area (Å²) in [5, 5.41) is 24.5. The van der Waals surface area contributed by atoms with Gasteiger partial charge in [0.2, 0.25) is 0 Å². The molecule has 2 fully saturated rings. The monoisotopic (exact) mass is 1210 g/mol. The van der Waals surface area contributed by atoms with Crippen molar-refractivity contribution in [2.45, 2.75) is 239 Å². The van der Waals surface area contributed by atoms with E-state index in [9.17, 15) is 24.0 Å². The van der Waals surface area contributed by atoms with Gasteiger partial charge in [-0.25, -0.2) is 23.4 Å². The second-order valence-electron chi connectivity index (χ2n) is 26.8. The molecular formula is C67H83N13O5S2. The Kier molecular flexibility index (Phi) is 15.9. The van der Waals surface area contributed by atoms with Crippen molar-refractivity contribution in [1.82, 2.24) is 62.3 Å². The van der Waals surface area contributed by atoms with Gasteiger partial charge in [-0.2, -0.15) is 25.5 Å². The number of rotatable bonds is 5. The predicted molar refractivity (Wildman–Crippen MR) is 347 cm³/mol. The second kappa shape index (κ2) is 23.5. The SMILES string of the molecule is CC(C)n1ncc2c(cc3n2CCCC3)c1=O.CC(C)n1ncc2c3c(sc2c1=O)C1CCC3C1.CC(C)n1ncc2c3c(sc2c1=O)CCCC3.CC(C)n1ncn2c3c(cc2c1=O)C1CCC3C1.CC(C)n1ncn2c3c(cc2c1=O)CCCC3. The lowest BCUT2D eigenvalue weighted by atomic mass is 9.96. The molecule has 1 aliphatic heterocycles. The summed E-state index contributed by atoms with van der Waals surface area (Å²) in [5.74, 6) is 2.78. The van der Waals surface area contributed by atoms with Crippen LogP contribution in [0.3, 0.4) is 0 Å². The van der Waals surface area contributed by atoms with Crippen molar-refractivity contribution < 1.29 is 0 Å². The van der Waals surface area contributed by atoms with E-state index in [0.29, 0.717) is 17.8 Å². The van der Waals surface area contributed by atoms with E-state index in [1.54, 1.807) is 52.4 Å². The van der Waals surface area contributed by atoms with Crippen LogP contribution in [0.2, 0.25) is 0 Å². The second-order valence-corrected chi connectivity index (χ2v) is 28.9. The van der Waals surface area contributed by atoms with Crippen LogP contribution in [0.4, 0.5) is 0 Å². The maximum absolute atomic E-state index is 12.4. The third-order valence-corrected chi connectivity index (χ3v) is 22.2. The first-order chi connectivity index (χ1) is 41.9. The summed E-state index contributed by atoms with van der Waals surface area (Å²) >= 11 is 3.42. The van der Waals surface area contributed by atoms with Gasteiger partial charge in [0, 0.05) is 50.1 Å². The first kappa shape index (κ1) is 58.9. The van der Waals surface area contributed by atoms with E-state index in [1.807, 2.05) is 103 Å². The zero-order valence-corrected chi connectivity index (χ0v) is 53.8. The number of aryl methyl sites for hydroxylation is 6. The molecule has 7 aliphatic rings. The van der Waals surface area contributed by atoms with Crippen LogP contribution in [0.1, 0.15) is 249 Å². The first-order valence-corrected chi connectivity index (χ1v) is 33.9. The zero-order valence-electron chi connectivity index (χ0n) is 52.2. The zero-order chi connectivity index (χ0) is 60.9. The predicted octanol–water partition coefficient (Wildman–Crippen LogP) is 12.8. The Hall–Kier alpha value is -7.06. The molecule has 458 valence electrons. The lowest BCUT2D eigenvalue weighted by Gasteiger charge is -2.15. The summed E-state index contributed by atoms with van der Waals surface area (Å²) in [6.07, 6.45) is 29.9. The van der Waals surface area contributed by atoms with Gasteiger partial charge < -0.3 is 4.57 Å². The number of hydrogen-bond donors (Lipinski definition) is 0. The molecule has 0 spiro atoms. The smallest absolute Gasteiger partial charge is 0.291 e. The van der Waals surface area contributed by atoms with E-state index in [1.165, 1.54) is 126 Å². The fourth-order valence-corrected chi connectivity index (χ4v) is 17.9. The van der Waals surface area contributed by atoms with Crippen molar-refractivity contribution in [2.24, 2.45) is 0 Å². The minimum absolute atomic E-state index is 0.0249. The average molecular weight is 1210 g/mol. The highest BCUT2D eigenvalue weighted by molar-refractivity contribution is 7.19. The third-order valence-electron chi connectivity index (χ3n) is 19.5. The lowest BCUT2D eigenvalue weighted by Crippen LogP contribution is -2.26. The van der Waals surface area contributed by atoms with Crippen LogP contribution in [0.15, 0.2) is 73.4 Å². The van der Waals surface area contributed by atoms with Gasteiger partial charge in [0.25, 0.3) is 27.8 Å². The number of thiophene rings is 2. The molecule has 4 unspecified atom stereocenters. The quantitative estimate of drug-likeness (QED) is 0.160. The van der Waals surface area contributed by atoms with Gasteiger partial charge in [0.05, 0.1) is 59.7 Å². The maximum atomic E-state index is 12.4. The average Bonchev–Trinajstić information content (AvgIpc) is 1.61. The van der Waals surface area contributed by atoms with Gasteiger partial charge in [-0.05, 0) is 237 Å². The lowest BCUT2D eigenvalue weighted by molar-refractivity contribution is 0.496. The van der Waals surface area contributed by atoms with Crippen LogP contribution in [-0.4, -0.2) is 62.3 Å². The van der Waals surface area contributed by atoms with Crippen molar-refractivity contribution in [3.8, 4) is 0 Å². The molecule has 0 radical (unpaired) electrons. The minimum atomic E-state index is 0.0249. The Morgan fingerprint density at radius 3 is 1.70 bits per heavy atom. The van der Waals surface area contributed by atoms with Crippen molar-refractivity contribution in [1.29, 1.82) is 0 Å². The van der Waals surface area contributed by atoms with Crippen LogP contribution in [0, 0.1) is 0 Å². The molecule has 2 saturated carbocycles. The Balaban J connectivity index is 0.000000101. The molecule has 0 aromatic carbocycles. The third kappa shape index (κ3) is 10.3. The van der Waals surface area contributed by atoms with Gasteiger partial charge in [-0.1, -0.05) is 0 Å². The van der Waals surface area contributed by atoms with Crippen LogP contribution < -0.4 is 27.8 Å². The minimum Gasteiger partial charge on any atom is -0.343 e. The molecule has 11 heterocycles. The summed E-state index contributed by atoms with van der Waals surface area (Å²) in [5.41, 5.74) is 12.4. The highest BCUT2D eigenvalue weighted by Gasteiger charge is 2.41. The molecule has 0 amide bonds. The van der Waals surface area contributed by atoms with E-state index >= 15 is 0 Å². The van der Waals surface area contributed by atoms with Gasteiger partial charge in [-0.15, -0.1) is 22.7 Å². The summed E-state index contributed by atoms with van der Waals surface area (Å²) in [6, 6.07) is 6.82. The molecule has 18 nitrogen and oxygen atoms in total. The Bertz CT molecular complexity index is 4220. The summed E-state index contributed by atoms with van der Waals surface area (Å²) in [6.45, 7) is 20.9. The molecular weight excluding hydrogens is 1130 g/mol. The van der Waals surface area contributed by atoms with Crippen LogP contribution in [0.5, 0.6) is 0 Å². The summed E-state index contributed by atoms with van der Waals surface area (Å²) in [7, 11) is 0. The van der Waals surface area contributed by atoms with Gasteiger partial charge >= 0.3 is 0 Å². The molecule has 20 heteroatoms. The van der Waals surface area contributed by atoms with Gasteiger partial charge in [-0.3, -0.25) is 32.8 Å². The number of hydrogen-bond acceptors (Lipinski definition) is 12. The maximum Gasteiger partial charge on any atom is 0.291 e. The molecule has 10 aromatic rings. The number of aromatic nitrogens is 13. The van der Waals surface area contributed by atoms with Crippen LogP contribution in [0.25, 0.3) is 42.1 Å². The molecule has 0 N–H and O–H groups in total. The fourth-order valence-electron chi connectivity index (χ4n) is 15.2. The standard InChI is InChI=1S/C14H17N3O.C14H16N2OS.2C13H17N3O.C13H16N2OS/c1-8(2)17-14(18)12-6-11-9-3-4-10(5-9)13(11)16(12)7-15-17;1-7(2)16-14(17)13-10(6-15-16)11-8-3-4-9(5-8)12(11)18-13;1-9(2)16-13(17)11-7-10-5-3-4-6-15(10)12(11)8-14-16;1-9(2)16-13(17)12-7-10-5-3-4-6-11(10)15(12)8-14-16;1-8(2)15-13(16)12-10(7-14-15)9-5-3-4-6-11(9)17-12/h6-10H,3-5H2,1-2H3;6-9H,3-5H2,1-2H3;2*7-9H,3-6H2,1-2H3;7-8H,3-6H2,1-2H3. The number of nitrogens with zero attached hydrogens (tertiary/aromatic N) is 13. The highest BCUT2D eigenvalue weighted by Crippen LogP contribution is 2.58. The largest absolute Gasteiger partial charge is 0.343 e. The van der Waals surface area contributed by atoms with Crippen molar-refractivity contribution in [3.05, 3.63) is 150 Å².